The normalized spacial score (nSPS) is 16.3. The van der Waals surface area contributed by atoms with Crippen LogP contribution in [0.4, 0.5) is 18.9 Å². The number of halogens is 3. The molecule has 146 valence electrons. The standard InChI is InChI=1S/C15H20F3N3O4S/c1-11-2-3-12(19-9-14(22)20-10-15(16,17)18)8-13(11)26(23,24)21-4-6-25-7-5-21/h2-3,8,19H,4-7,9-10H2,1H3,(H,20,22). The van der Waals surface area contributed by atoms with E-state index in [1.807, 2.05) is 0 Å². The Hall–Kier alpha value is -1.85. The number of benzene rings is 1. The van der Waals surface area contributed by atoms with Crippen molar-refractivity contribution in [3.05, 3.63) is 23.8 Å². The number of carbonyl (C=O) groups is 1. The zero-order valence-electron chi connectivity index (χ0n) is 14.1. The average molecular weight is 395 g/mol. The summed E-state index contributed by atoms with van der Waals surface area (Å²) in [6.45, 7) is 0.950. The van der Waals surface area contributed by atoms with E-state index < -0.39 is 35.2 Å². The van der Waals surface area contributed by atoms with E-state index in [1.54, 1.807) is 24.4 Å². The van der Waals surface area contributed by atoms with Gasteiger partial charge < -0.3 is 15.4 Å². The number of aryl methyl sites for hydroxylation is 1. The van der Waals surface area contributed by atoms with E-state index in [9.17, 15) is 26.4 Å². The van der Waals surface area contributed by atoms with Crippen molar-refractivity contribution in [1.82, 2.24) is 9.62 Å². The lowest BCUT2D eigenvalue weighted by Gasteiger charge is -2.27. The summed E-state index contributed by atoms with van der Waals surface area (Å²) in [5.74, 6) is -0.847. The minimum atomic E-state index is -4.49. The Labute approximate surface area is 149 Å². The Morgan fingerprint density at radius 3 is 2.54 bits per heavy atom. The number of amides is 1. The zero-order chi connectivity index (χ0) is 19.4. The Balaban J connectivity index is 2.06. The van der Waals surface area contributed by atoms with Crippen molar-refractivity contribution >= 4 is 21.6 Å². The summed E-state index contributed by atoms with van der Waals surface area (Å²) in [7, 11) is -3.72. The van der Waals surface area contributed by atoms with Crippen LogP contribution in [0.2, 0.25) is 0 Å². The number of ether oxygens (including phenoxy) is 1. The lowest BCUT2D eigenvalue weighted by molar-refractivity contribution is -0.137. The van der Waals surface area contributed by atoms with Gasteiger partial charge in [-0.3, -0.25) is 4.79 Å². The number of anilines is 1. The summed E-state index contributed by atoms with van der Waals surface area (Å²) in [5.41, 5.74) is 0.855. The third-order valence-electron chi connectivity index (χ3n) is 3.72. The van der Waals surface area contributed by atoms with E-state index in [1.165, 1.54) is 10.4 Å². The lowest BCUT2D eigenvalue weighted by Crippen LogP contribution is -2.40. The number of alkyl halides is 3. The van der Waals surface area contributed by atoms with Crippen molar-refractivity contribution in [1.29, 1.82) is 0 Å². The van der Waals surface area contributed by atoms with Crippen LogP contribution < -0.4 is 10.6 Å². The van der Waals surface area contributed by atoms with Crippen molar-refractivity contribution in [2.45, 2.75) is 18.0 Å². The van der Waals surface area contributed by atoms with E-state index in [0.717, 1.165) is 0 Å². The fraction of sp³-hybridized carbons (Fsp3) is 0.533. The van der Waals surface area contributed by atoms with Crippen molar-refractivity contribution in [2.75, 3.05) is 44.7 Å². The molecule has 0 bridgehead atoms. The Morgan fingerprint density at radius 1 is 1.27 bits per heavy atom. The SMILES string of the molecule is Cc1ccc(NCC(=O)NCC(F)(F)F)cc1S(=O)(=O)N1CCOCC1. The highest BCUT2D eigenvalue weighted by Gasteiger charge is 2.29. The van der Waals surface area contributed by atoms with E-state index in [2.05, 4.69) is 5.32 Å². The number of hydrogen-bond acceptors (Lipinski definition) is 5. The molecule has 2 rings (SSSR count). The number of sulfonamides is 1. The van der Waals surface area contributed by atoms with Gasteiger partial charge in [0.05, 0.1) is 24.7 Å². The predicted molar refractivity (Wildman–Crippen MR) is 88.3 cm³/mol. The smallest absolute Gasteiger partial charge is 0.379 e. The first-order chi connectivity index (χ1) is 12.1. The number of morpholine rings is 1. The molecule has 1 aliphatic heterocycles. The average Bonchev–Trinajstić information content (AvgIpc) is 2.59. The van der Waals surface area contributed by atoms with Crippen LogP contribution in [-0.2, 0) is 19.6 Å². The maximum absolute atomic E-state index is 12.7. The van der Waals surface area contributed by atoms with Crippen LogP contribution >= 0.6 is 0 Å². The molecular weight excluding hydrogens is 375 g/mol. The maximum Gasteiger partial charge on any atom is 0.405 e. The van der Waals surface area contributed by atoms with Gasteiger partial charge in [-0.25, -0.2) is 8.42 Å². The first-order valence-corrected chi connectivity index (χ1v) is 9.29. The largest absolute Gasteiger partial charge is 0.405 e. The van der Waals surface area contributed by atoms with Crippen LogP contribution in [0.25, 0.3) is 0 Å². The molecule has 0 atom stereocenters. The van der Waals surface area contributed by atoms with Crippen molar-refractivity contribution < 1.29 is 31.1 Å². The maximum atomic E-state index is 12.7. The molecule has 0 aliphatic carbocycles. The minimum absolute atomic E-state index is 0.0834. The number of hydrogen-bond donors (Lipinski definition) is 2. The van der Waals surface area contributed by atoms with Gasteiger partial charge in [0.15, 0.2) is 0 Å². The molecule has 0 aromatic heterocycles. The summed E-state index contributed by atoms with van der Waals surface area (Å²) in [4.78, 5) is 11.5. The highest BCUT2D eigenvalue weighted by molar-refractivity contribution is 7.89. The summed E-state index contributed by atoms with van der Waals surface area (Å²) in [6, 6.07) is 4.51. The van der Waals surface area contributed by atoms with E-state index in [-0.39, 0.29) is 18.0 Å². The highest BCUT2D eigenvalue weighted by atomic mass is 32.2. The molecule has 0 spiro atoms. The third kappa shape index (κ3) is 5.58. The van der Waals surface area contributed by atoms with Crippen molar-refractivity contribution in [3.63, 3.8) is 0 Å². The second-order valence-electron chi connectivity index (χ2n) is 5.74. The number of nitrogens with one attached hydrogen (secondary N) is 2. The Bertz CT molecular complexity index is 747. The second kappa shape index (κ2) is 8.23. The molecule has 1 aromatic rings. The van der Waals surface area contributed by atoms with Gasteiger partial charge in [0.2, 0.25) is 15.9 Å². The quantitative estimate of drug-likeness (QED) is 0.753. The molecule has 2 N–H and O–H groups in total. The summed E-state index contributed by atoms with van der Waals surface area (Å²) < 4.78 is 68.2. The van der Waals surface area contributed by atoms with E-state index in [4.69, 9.17) is 4.74 Å². The molecule has 1 aliphatic rings. The third-order valence-corrected chi connectivity index (χ3v) is 5.76. The van der Waals surface area contributed by atoms with Crippen LogP contribution in [0.3, 0.4) is 0 Å². The molecule has 1 saturated heterocycles. The molecule has 1 heterocycles. The van der Waals surface area contributed by atoms with Crippen LogP contribution in [-0.4, -0.2) is 64.2 Å². The van der Waals surface area contributed by atoms with Gasteiger partial charge in [-0.2, -0.15) is 17.5 Å². The van der Waals surface area contributed by atoms with Gasteiger partial charge in [0.25, 0.3) is 0 Å². The summed E-state index contributed by atoms with van der Waals surface area (Å²) >= 11 is 0. The molecule has 0 unspecified atom stereocenters. The molecule has 26 heavy (non-hydrogen) atoms. The highest BCUT2D eigenvalue weighted by Crippen LogP contribution is 2.24. The minimum Gasteiger partial charge on any atom is -0.379 e. The lowest BCUT2D eigenvalue weighted by atomic mass is 10.2. The monoisotopic (exact) mass is 395 g/mol. The number of nitrogens with zero attached hydrogens (tertiary/aromatic N) is 1. The van der Waals surface area contributed by atoms with Crippen LogP contribution in [0, 0.1) is 6.92 Å². The number of rotatable bonds is 6. The molecule has 7 nitrogen and oxygen atoms in total. The number of carbonyl (C=O) groups excluding carboxylic acids is 1. The fourth-order valence-electron chi connectivity index (χ4n) is 2.36. The fourth-order valence-corrected chi connectivity index (χ4v) is 4.02. The molecule has 11 heteroatoms. The van der Waals surface area contributed by atoms with Gasteiger partial charge >= 0.3 is 6.18 Å². The van der Waals surface area contributed by atoms with Gasteiger partial charge in [-0.05, 0) is 24.6 Å². The second-order valence-corrected chi connectivity index (χ2v) is 7.65. The van der Waals surface area contributed by atoms with Crippen LogP contribution in [0.5, 0.6) is 0 Å². The molecular formula is C15H20F3N3O4S. The van der Waals surface area contributed by atoms with Crippen molar-refractivity contribution in [3.8, 4) is 0 Å². The molecule has 1 aromatic carbocycles. The zero-order valence-corrected chi connectivity index (χ0v) is 14.9. The van der Waals surface area contributed by atoms with Crippen LogP contribution in [0.15, 0.2) is 23.1 Å². The van der Waals surface area contributed by atoms with Crippen molar-refractivity contribution in [2.24, 2.45) is 0 Å². The Morgan fingerprint density at radius 2 is 1.92 bits per heavy atom. The van der Waals surface area contributed by atoms with Gasteiger partial charge in [0, 0.05) is 18.8 Å². The Kier molecular flexibility index (Phi) is 6.48. The van der Waals surface area contributed by atoms with Crippen LogP contribution in [0.1, 0.15) is 5.56 Å². The first-order valence-electron chi connectivity index (χ1n) is 7.85. The van der Waals surface area contributed by atoms with E-state index >= 15 is 0 Å². The predicted octanol–water partition coefficient (Wildman–Crippen LogP) is 1.11. The molecule has 1 fully saturated rings. The topological polar surface area (TPSA) is 87.7 Å². The summed E-state index contributed by atoms with van der Waals surface area (Å²) in [5, 5.41) is 4.37. The van der Waals surface area contributed by atoms with Gasteiger partial charge in [-0.1, -0.05) is 6.07 Å². The molecule has 0 radical (unpaired) electrons. The van der Waals surface area contributed by atoms with Gasteiger partial charge in [-0.15, -0.1) is 0 Å². The van der Waals surface area contributed by atoms with E-state index in [0.29, 0.717) is 24.5 Å². The first kappa shape index (κ1) is 20.5. The molecule has 1 amide bonds. The summed E-state index contributed by atoms with van der Waals surface area (Å²) in [6.07, 6.45) is -4.49. The van der Waals surface area contributed by atoms with Gasteiger partial charge in [0.1, 0.15) is 6.54 Å². The molecule has 0 saturated carbocycles.